The third-order valence-electron chi connectivity index (χ3n) is 3.46. The topological polar surface area (TPSA) is 44.5 Å². The molecule has 130 valence electrons. The second-order valence-electron chi connectivity index (χ2n) is 5.11. The van der Waals surface area contributed by atoms with Crippen LogP contribution in [0.15, 0.2) is 36.9 Å². The average molecular weight is 347 g/mol. The predicted molar refractivity (Wildman–Crippen MR) is 91.9 cm³/mol. The van der Waals surface area contributed by atoms with E-state index in [1.54, 1.807) is 19.1 Å². The number of benzene rings is 2. The Bertz CT molecular complexity index is 844. The lowest BCUT2D eigenvalue weighted by atomic mass is 9.95. The Morgan fingerprint density at radius 3 is 2.36 bits per heavy atom. The van der Waals surface area contributed by atoms with Gasteiger partial charge in [-0.3, -0.25) is 0 Å². The van der Waals surface area contributed by atoms with E-state index in [0.717, 1.165) is 11.1 Å². The highest BCUT2D eigenvalue weighted by Gasteiger charge is 2.31. The molecule has 0 radical (unpaired) electrons. The highest BCUT2D eigenvalue weighted by molar-refractivity contribution is 5.82. The molecule has 0 aliphatic carbocycles. The summed E-state index contributed by atoms with van der Waals surface area (Å²) in [5, 5.41) is 0. The molecule has 2 aromatic rings. The highest BCUT2D eigenvalue weighted by Crippen LogP contribution is 2.38. The first-order chi connectivity index (χ1) is 11.8. The van der Waals surface area contributed by atoms with Gasteiger partial charge in [-0.2, -0.15) is 0 Å². The summed E-state index contributed by atoms with van der Waals surface area (Å²) in [5.41, 5.74) is 9.23. The van der Waals surface area contributed by atoms with Crippen LogP contribution in [0.5, 0.6) is 11.5 Å². The van der Waals surface area contributed by atoms with Crippen molar-refractivity contribution < 1.29 is 22.6 Å². The lowest BCUT2D eigenvalue weighted by Gasteiger charge is -2.16. The van der Waals surface area contributed by atoms with Gasteiger partial charge in [0.05, 0.1) is 0 Å². The summed E-state index contributed by atoms with van der Waals surface area (Å²) in [5.74, 6) is 2.81. The minimum absolute atomic E-state index is 0.294. The Morgan fingerprint density at radius 1 is 1.20 bits per heavy atom. The molecule has 2 N–H and O–H groups in total. The molecule has 0 atom stereocenters. The number of nitrogens with two attached hydrogens (primary N) is 1. The van der Waals surface area contributed by atoms with Crippen molar-refractivity contribution in [3.63, 3.8) is 0 Å². The van der Waals surface area contributed by atoms with Gasteiger partial charge >= 0.3 is 6.36 Å². The van der Waals surface area contributed by atoms with Crippen LogP contribution in [-0.4, -0.2) is 6.36 Å². The number of anilines is 1. The van der Waals surface area contributed by atoms with Gasteiger partial charge in [0, 0.05) is 23.7 Å². The van der Waals surface area contributed by atoms with Gasteiger partial charge in [0.2, 0.25) is 0 Å². The molecule has 2 aromatic carbocycles. The van der Waals surface area contributed by atoms with Crippen LogP contribution < -0.4 is 15.2 Å². The van der Waals surface area contributed by atoms with Gasteiger partial charge in [0.1, 0.15) is 11.9 Å². The van der Waals surface area contributed by atoms with Gasteiger partial charge in [-0.25, -0.2) is 0 Å². The molecule has 0 heterocycles. The Morgan fingerprint density at radius 2 is 1.84 bits per heavy atom. The molecule has 0 aliphatic heterocycles. The Balaban J connectivity index is 2.50. The van der Waals surface area contributed by atoms with E-state index in [0.29, 0.717) is 22.6 Å². The summed E-state index contributed by atoms with van der Waals surface area (Å²) in [6, 6.07) is 7.24. The molecule has 0 spiro atoms. The van der Waals surface area contributed by atoms with Crippen LogP contribution in [0, 0.1) is 19.0 Å². The summed E-state index contributed by atoms with van der Waals surface area (Å²) in [7, 11) is 0. The van der Waals surface area contributed by atoms with Crippen molar-refractivity contribution in [2.75, 3.05) is 5.73 Å². The molecule has 0 amide bonds. The van der Waals surface area contributed by atoms with Gasteiger partial charge < -0.3 is 15.2 Å². The summed E-state index contributed by atoms with van der Waals surface area (Å²) in [6.07, 6.45) is -0.638. The molecular weight excluding hydrogens is 331 g/mol. The van der Waals surface area contributed by atoms with Crippen LogP contribution in [0.25, 0.3) is 17.2 Å². The van der Waals surface area contributed by atoms with E-state index in [4.69, 9.17) is 10.5 Å². The maximum atomic E-state index is 12.3. The van der Waals surface area contributed by atoms with E-state index < -0.39 is 6.36 Å². The fraction of sp³-hybridized carbons (Fsp3) is 0.158. The number of ether oxygens (including phenoxy) is 2. The fourth-order valence-electron chi connectivity index (χ4n) is 2.38. The fourth-order valence-corrected chi connectivity index (χ4v) is 2.38. The molecule has 0 saturated heterocycles. The van der Waals surface area contributed by atoms with E-state index in [9.17, 15) is 13.2 Å². The van der Waals surface area contributed by atoms with Crippen molar-refractivity contribution in [1.82, 2.24) is 0 Å². The SMILES string of the molecule is C=Cc1c(N)cc(-c2ccc(OC(F)(F)F)cc2)c(C)c1OC#CC. The first kappa shape index (κ1) is 18.3. The molecule has 0 aromatic heterocycles. The number of alkyl halides is 3. The minimum Gasteiger partial charge on any atom is -0.407 e. The predicted octanol–water partition coefficient (Wildman–Crippen LogP) is 5.15. The molecule has 25 heavy (non-hydrogen) atoms. The first-order valence-corrected chi connectivity index (χ1v) is 7.27. The van der Waals surface area contributed by atoms with Gasteiger partial charge in [0.15, 0.2) is 5.75 Å². The van der Waals surface area contributed by atoms with E-state index in [2.05, 4.69) is 23.3 Å². The van der Waals surface area contributed by atoms with E-state index in [-0.39, 0.29) is 5.75 Å². The van der Waals surface area contributed by atoms with Crippen LogP contribution >= 0.6 is 0 Å². The zero-order valence-corrected chi connectivity index (χ0v) is 13.7. The molecule has 3 nitrogen and oxygen atoms in total. The number of hydrogen-bond acceptors (Lipinski definition) is 3. The molecular formula is C19H16F3NO2. The van der Waals surface area contributed by atoms with Crippen molar-refractivity contribution in [3.05, 3.63) is 48.0 Å². The van der Waals surface area contributed by atoms with Crippen molar-refractivity contribution in [2.24, 2.45) is 0 Å². The smallest absolute Gasteiger partial charge is 0.407 e. The zero-order chi connectivity index (χ0) is 18.6. The third kappa shape index (κ3) is 4.27. The molecule has 0 saturated carbocycles. The highest BCUT2D eigenvalue weighted by atomic mass is 19.4. The Hall–Kier alpha value is -3.07. The quantitative estimate of drug-likeness (QED) is 0.615. The molecule has 0 bridgehead atoms. The van der Waals surface area contributed by atoms with Crippen molar-refractivity contribution >= 4 is 11.8 Å². The van der Waals surface area contributed by atoms with Crippen LogP contribution in [0.3, 0.4) is 0 Å². The molecule has 2 rings (SSSR count). The van der Waals surface area contributed by atoms with Crippen LogP contribution in [0.2, 0.25) is 0 Å². The Kier molecular flexibility index (Phi) is 5.28. The summed E-state index contributed by atoms with van der Waals surface area (Å²) < 4.78 is 46.1. The zero-order valence-electron chi connectivity index (χ0n) is 13.7. The molecule has 0 aliphatic rings. The van der Waals surface area contributed by atoms with Crippen LogP contribution in [0.1, 0.15) is 18.1 Å². The van der Waals surface area contributed by atoms with Gasteiger partial charge in [-0.1, -0.05) is 30.7 Å². The largest absolute Gasteiger partial charge is 0.573 e. The summed E-state index contributed by atoms with van der Waals surface area (Å²) >= 11 is 0. The third-order valence-corrected chi connectivity index (χ3v) is 3.46. The van der Waals surface area contributed by atoms with Gasteiger partial charge in [-0.05, 0) is 36.2 Å². The average Bonchev–Trinajstić information content (AvgIpc) is 2.54. The minimum atomic E-state index is -4.73. The monoisotopic (exact) mass is 347 g/mol. The maximum absolute atomic E-state index is 12.3. The van der Waals surface area contributed by atoms with Crippen molar-refractivity contribution in [3.8, 4) is 34.7 Å². The lowest BCUT2D eigenvalue weighted by molar-refractivity contribution is -0.274. The van der Waals surface area contributed by atoms with Gasteiger partial charge in [-0.15, -0.1) is 13.2 Å². The normalized spacial score (nSPS) is 10.6. The van der Waals surface area contributed by atoms with Crippen LogP contribution in [-0.2, 0) is 0 Å². The molecule has 0 unspecified atom stereocenters. The summed E-state index contributed by atoms with van der Waals surface area (Å²) in [4.78, 5) is 0. The van der Waals surface area contributed by atoms with Crippen molar-refractivity contribution in [1.29, 1.82) is 0 Å². The van der Waals surface area contributed by atoms with Gasteiger partial charge in [0.25, 0.3) is 0 Å². The number of hydrogen-bond donors (Lipinski definition) is 1. The maximum Gasteiger partial charge on any atom is 0.573 e. The second kappa shape index (κ2) is 7.22. The van der Waals surface area contributed by atoms with E-state index >= 15 is 0 Å². The summed E-state index contributed by atoms with van der Waals surface area (Å²) in [6.45, 7) is 7.17. The molecule has 6 heteroatoms. The van der Waals surface area contributed by atoms with Crippen molar-refractivity contribution in [2.45, 2.75) is 20.2 Å². The Labute approximate surface area is 143 Å². The van der Waals surface area contributed by atoms with E-state index in [1.165, 1.54) is 24.3 Å². The lowest BCUT2D eigenvalue weighted by Crippen LogP contribution is -2.16. The second-order valence-corrected chi connectivity index (χ2v) is 5.11. The number of halogens is 3. The van der Waals surface area contributed by atoms with Crippen LogP contribution in [0.4, 0.5) is 18.9 Å². The standard InChI is InChI=1S/C19H16F3NO2/c1-4-10-24-18-12(3)16(11-17(23)15(18)5-2)13-6-8-14(9-7-13)25-19(20,21)22/h5-9,11H,2,23H2,1,3H3. The van der Waals surface area contributed by atoms with E-state index in [1.807, 2.05) is 6.92 Å². The number of nitrogen functional groups attached to an aromatic ring is 1. The number of rotatable bonds is 4. The molecule has 0 fully saturated rings. The first-order valence-electron chi connectivity index (χ1n) is 7.27.